The molecule has 0 saturated heterocycles. The Balaban J connectivity index is 2.10. The van der Waals surface area contributed by atoms with Crippen LogP contribution in [-0.4, -0.2) is 19.4 Å². The largest absolute Gasteiger partial charge is 0.462 e. The standard InChI is InChI=1S/C16H13N3O5S2/c17-16-11-4-2-1-3-10(11)15(26(21,22)23)7-13(16)19-18-12-5-6-25-14(12)8-24-9-20/h1-7,9H,8,17H2,(H,21,22,23)/b19-18+. The van der Waals surface area contributed by atoms with E-state index in [-0.39, 0.29) is 22.9 Å². The van der Waals surface area contributed by atoms with Gasteiger partial charge in [-0.1, -0.05) is 24.3 Å². The molecule has 3 N–H and O–H groups in total. The number of ether oxygens (including phenoxy) is 1. The molecule has 26 heavy (non-hydrogen) atoms. The van der Waals surface area contributed by atoms with Crippen molar-refractivity contribution in [1.82, 2.24) is 0 Å². The fourth-order valence-electron chi connectivity index (χ4n) is 2.40. The van der Waals surface area contributed by atoms with Crippen molar-refractivity contribution in [3.05, 3.63) is 46.7 Å². The molecule has 0 unspecified atom stereocenters. The monoisotopic (exact) mass is 391 g/mol. The number of benzene rings is 2. The van der Waals surface area contributed by atoms with Crippen molar-refractivity contribution in [3.63, 3.8) is 0 Å². The van der Waals surface area contributed by atoms with Gasteiger partial charge in [0.05, 0.1) is 10.6 Å². The zero-order valence-corrected chi connectivity index (χ0v) is 14.8. The second-order valence-corrected chi connectivity index (χ2v) is 7.56. The highest BCUT2D eigenvalue weighted by atomic mass is 32.2. The molecule has 0 fully saturated rings. The summed E-state index contributed by atoms with van der Waals surface area (Å²) in [4.78, 5) is 10.7. The lowest BCUT2D eigenvalue weighted by Crippen LogP contribution is -2.01. The first-order valence-corrected chi connectivity index (χ1v) is 9.56. The quantitative estimate of drug-likeness (QED) is 0.284. The second kappa shape index (κ2) is 7.20. The van der Waals surface area contributed by atoms with Crippen LogP contribution in [-0.2, 0) is 26.3 Å². The van der Waals surface area contributed by atoms with Crippen molar-refractivity contribution in [1.29, 1.82) is 0 Å². The van der Waals surface area contributed by atoms with Gasteiger partial charge in [0, 0.05) is 10.8 Å². The first kappa shape index (κ1) is 18.0. The molecule has 0 amide bonds. The fraction of sp³-hybridized carbons (Fsp3) is 0.0625. The van der Waals surface area contributed by atoms with Crippen molar-refractivity contribution < 1.29 is 22.5 Å². The van der Waals surface area contributed by atoms with E-state index in [4.69, 9.17) is 10.5 Å². The number of anilines is 1. The Hall–Kier alpha value is -2.82. The Labute approximate surface area is 152 Å². The predicted molar refractivity (Wildman–Crippen MR) is 97.5 cm³/mol. The molecule has 3 aromatic rings. The van der Waals surface area contributed by atoms with Gasteiger partial charge in [0.25, 0.3) is 16.6 Å². The molecule has 0 aliphatic rings. The average Bonchev–Trinajstić information content (AvgIpc) is 3.06. The van der Waals surface area contributed by atoms with Gasteiger partial charge in [-0.05, 0) is 17.5 Å². The molecule has 10 heteroatoms. The molecule has 0 bridgehead atoms. The van der Waals surface area contributed by atoms with Gasteiger partial charge >= 0.3 is 0 Å². The number of nitrogens with zero attached hydrogens (tertiary/aromatic N) is 2. The number of nitrogen functional groups attached to an aromatic ring is 1. The normalized spacial score (nSPS) is 11.9. The summed E-state index contributed by atoms with van der Waals surface area (Å²) in [5, 5.41) is 10.6. The summed E-state index contributed by atoms with van der Waals surface area (Å²) in [6.07, 6.45) is 0. The molecule has 0 aliphatic carbocycles. The van der Waals surface area contributed by atoms with Gasteiger partial charge in [-0.15, -0.1) is 21.6 Å². The zero-order chi connectivity index (χ0) is 18.7. The minimum Gasteiger partial charge on any atom is -0.462 e. The predicted octanol–water partition coefficient (Wildman–Crippen LogP) is 3.82. The topological polar surface area (TPSA) is 131 Å². The van der Waals surface area contributed by atoms with Gasteiger partial charge in [0.2, 0.25) is 0 Å². The summed E-state index contributed by atoms with van der Waals surface area (Å²) in [5.41, 5.74) is 6.90. The van der Waals surface area contributed by atoms with Crippen molar-refractivity contribution in [2.24, 2.45) is 10.2 Å². The van der Waals surface area contributed by atoms with E-state index in [1.165, 1.54) is 17.4 Å². The maximum absolute atomic E-state index is 11.7. The lowest BCUT2D eigenvalue weighted by Gasteiger charge is -2.09. The maximum atomic E-state index is 11.7. The van der Waals surface area contributed by atoms with E-state index in [0.717, 1.165) is 0 Å². The summed E-state index contributed by atoms with van der Waals surface area (Å²) < 4.78 is 37.6. The van der Waals surface area contributed by atoms with Crippen LogP contribution in [0.2, 0.25) is 0 Å². The highest BCUT2D eigenvalue weighted by Crippen LogP contribution is 2.37. The first-order valence-electron chi connectivity index (χ1n) is 7.24. The Morgan fingerprint density at radius 1 is 1.15 bits per heavy atom. The van der Waals surface area contributed by atoms with Crippen LogP contribution < -0.4 is 5.73 Å². The van der Waals surface area contributed by atoms with Crippen molar-refractivity contribution in [2.75, 3.05) is 5.73 Å². The van der Waals surface area contributed by atoms with Crippen molar-refractivity contribution in [3.8, 4) is 0 Å². The number of fused-ring (bicyclic) bond motifs is 1. The molecule has 0 aliphatic heterocycles. The van der Waals surface area contributed by atoms with Crippen molar-refractivity contribution in [2.45, 2.75) is 11.5 Å². The molecule has 0 saturated carbocycles. The van der Waals surface area contributed by atoms with Crippen LogP contribution >= 0.6 is 11.3 Å². The molecule has 0 spiro atoms. The van der Waals surface area contributed by atoms with Crippen molar-refractivity contribution >= 4 is 55.8 Å². The smallest absolute Gasteiger partial charge is 0.295 e. The number of rotatable bonds is 6. The lowest BCUT2D eigenvalue weighted by molar-refractivity contribution is -0.129. The molecule has 8 nitrogen and oxygen atoms in total. The van der Waals surface area contributed by atoms with Gasteiger partial charge < -0.3 is 10.5 Å². The molecule has 134 valence electrons. The number of azo groups is 1. The zero-order valence-electron chi connectivity index (χ0n) is 13.2. The summed E-state index contributed by atoms with van der Waals surface area (Å²) >= 11 is 1.33. The Kier molecular flexibility index (Phi) is 4.98. The third-order valence-corrected chi connectivity index (χ3v) is 5.35. The molecule has 1 heterocycles. The second-order valence-electron chi connectivity index (χ2n) is 5.16. The number of carbonyl (C=O) groups excluding carboxylic acids is 1. The summed E-state index contributed by atoms with van der Waals surface area (Å²) in [6.45, 7) is 0.388. The van der Waals surface area contributed by atoms with Crippen LogP contribution in [0.3, 0.4) is 0 Å². The summed E-state index contributed by atoms with van der Waals surface area (Å²) in [7, 11) is -4.47. The van der Waals surface area contributed by atoms with Gasteiger partial charge in [0.15, 0.2) is 0 Å². The van der Waals surface area contributed by atoms with E-state index in [9.17, 15) is 17.8 Å². The van der Waals surface area contributed by atoms with E-state index >= 15 is 0 Å². The fourth-order valence-corrected chi connectivity index (χ4v) is 3.84. The number of thiophene rings is 1. The first-order chi connectivity index (χ1) is 12.4. The molecule has 1 aromatic heterocycles. The third-order valence-electron chi connectivity index (χ3n) is 3.57. The lowest BCUT2D eigenvalue weighted by atomic mass is 10.1. The molecule has 3 rings (SSSR count). The number of nitrogens with two attached hydrogens (primary N) is 1. The van der Waals surface area contributed by atoms with E-state index in [0.29, 0.717) is 27.8 Å². The molecular weight excluding hydrogens is 378 g/mol. The Bertz CT molecular complexity index is 1110. The summed E-state index contributed by atoms with van der Waals surface area (Å²) in [5.74, 6) is 0. The number of carbonyl (C=O) groups is 1. The highest BCUT2D eigenvalue weighted by Gasteiger charge is 2.18. The summed E-state index contributed by atoms with van der Waals surface area (Å²) in [6, 6.07) is 9.36. The van der Waals surface area contributed by atoms with Crippen LogP contribution in [0.1, 0.15) is 4.88 Å². The Morgan fingerprint density at radius 2 is 1.85 bits per heavy atom. The van der Waals surface area contributed by atoms with E-state index in [1.54, 1.807) is 35.7 Å². The SMILES string of the molecule is Nc1c(/N=N/c2ccsc2COC=O)cc(S(=O)(=O)O)c2ccccc12. The van der Waals surface area contributed by atoms with Crippen LogP contribution in [0.25, 0.3) is 10.8 Å². The van der Waals surface area contributed by atoms with Gasteiger partial charge in [-0.25, -0.2) is 0 Å². The van der Waals surface area contributed by atoms with Crippen LogP contribution in [0, 0.1) is 0 Å². The van der Waals surface area contributed by atoms with Crippen LogP contribution in [0.4, 0.5) is 17.1 Å². The van der Waals surface area contributed by atoms with E-state index < -0.39 is 10.1 Å². The molecule has 2 aromatic carbocycles. The Morgan fingerprint density at radius 3 is 2.54 bits per heavy atom. The van der Waals surface area contributed by atoms with Gasteiger partial charge in [-0.3, -0.25) is 9.35 Å². The molecule has 0 radical (unpaired) electrons. The minimum absolute atomic E-state index is 0.0546. The van der Waals surface area contributed by atoms with Crippen LogP contribution in [0.5, 0.6) is 0 Å². The molecule has 0 atom stereocenters. The third kappa shape index (κ3) is 3.57. The average molecular weight is 391 g/mol. The highest BCUT2D eigenvalue weighted by molar-refractivity contribution is 7.86. The van der Waals surface area contributed by atoms with Crippen LogP contribution in [0.15, 0.2) is 56.9 Å². The number of hydrogen-bond acceptors (Lipinski definition) is 8. The van der Waals surface area contributed by atoms with E-state index in [1.807, 2.05) is 0 Å². The van der Waals surface area contributed by atoms with Gasteiger partial charge in [-0.2, -0.15) is 8.42 Å². The maximum Gasteiger partial charge on any atom is 0.295 e. The minimum atomic E-state index is -4.47. The number of hydrogen-bond donors (Lipinski definition) is 2. The molecular formula is C16H13N3O5S2. The van der Waals surface area contributed by atoms with Gasteiger partial charge in [0.1, 0.15) is 22.9 Å². The van der Waals surface area contributed by atoms with E-state index in [2.05, 4.69) is 10.2 Å².